The second-order valence-corrected chi connectivity index (χ2v) is 9.44. The zero-order chi connectivity index (χ0) is 23.7. The summed E-state index contributed by atoms with van der Waals surface area (Å²) in [4.78, 5) is 27.1. The number of amides is 2. The van der Waals surface area contributed by atoms with Crippen molar-refractivity contribution in [2.45, 2.75) is 27.7 Å². The maximum atomic E-state index is 12.9. The number of hydrogen-bond donors (Lipinski definition) is 0. The predicted molar refractivity (Wildman–Crippen MR) is 134 cm³/mol. The van der Waals surface area contributed by atoms with Crippen molar-refractivity contribution in [2.24, 2.45) is 0 Å². The fraction of sp³-hybridized carbons (Fsp3) is 0.231. The Morgan fingerprint density at radius 3 is 2.55 bits per heavy atom. The highest BCUT2D eigenvalue weighted by Crippen LogP contribution is 2.34. The van der Waals surface area contributed by atoms with Gasteiger partial charge in [-0.15, -0.1) is 0 Å². The van der Waals surface area contributed by atoms with Crippen LogP contribution in [0, 0.1) is 27.7 Å². The number of aryl methyl sites for hydroxylation is 2. The number of imide groups is 1. The van der Waals surface area contributed by atoms with Crippen molar-refractivity contribution in [1.82, 2.24) is 9.47 Å². The molecule has 33 heavy (non-hydrogen) atoms. The summed E-state index contributed by atoms with van der Waals surface area (Å²) in [5.41, 5.74) is 5.97. The maximum absolute atomic E-state index is 12.9. The number of carbonyl (C=O) groups is 2. The molecule has 1 fully saturated rings. The highest BCUT2D eigenvalue weighted by atomic mass is 35.5. The van der Waals surface area contributed by atoms with Gasteiger partial charge in [-0.2, -0.15) is 0 Å². The van der Waals surface area contributed by atoms with Gasteiger partial charge in [-0.25, -0.2) is 0 Å². The molecule has 1 saturated heterocycles. The van der Waals surface area contributed by atoms with Crippen LogP contribution in [0.3, 0.4) is 0 Å². The van der Waals surface area contributed by atoms with E-state index in [9.17, 15) is 9.59 Å². The second-order valence-electron chi connectivity index (χ2n) is 8.04. The van der Waals surface area contributed by atoms with Crippen molar-refractivity contribution in [3.63, 3.8) is 0 Å². The standard InChI is InChI=1S/C26H25ClN2O3S/c1-16-7-5-8-21(13-16)32-12-11-28-25(30)24(33-26(28)31)15-20-14-17(2)29(19(20)4)23-10-6-9-22(27)18(23)3/h5-10,13-15H,11-12H2,1-4H3/b24-15-. The van der Waals surface area contributed by atoms with Crippen molar-refractivity contribution in [1.29, 1.82) is 0 Å². The van der Waals surface area contributed by atoms with Gasteiger partial charge < -0.3 is 9.30 Å². The lowest BCUT2D eigenvalue weighted by Crippen LogP contribution is -2.32. The SMILES string of the molecule is Cc1cccc(OCCN2C(=O)S/C(=C\c3cc(C)n(-c4cccc(Cl)c4C)c3C)C2=O)c1. The monoisotopic (exact) mass is 480 g/mol. The van der Waals surface area contributed by atoms with Crippen molar-refractivity contribution in [2.75, 3.05) is 13.2 Å². The largest absolute Gasteiger partial charge is 0.492 e. The van der Waals surface area contributed by atoms with Crippen LogP contribution in [0.5, 0.6) is 5.75 Å². The van der Waals surface area contributed by atoms with Crippen LogP contribution in [0.4, 0.5) is 4.79 Å². The molecule has 0 N–H and O–H groups in total. The van der Waals surface area contributed by atoms with Crippen LogP contribution in [-0.2, 0) is 4.79 Å². The lowest BCUT2D eigenvalue weighted by molar-refractivity contribution is -0.123. The van der Waals surface area contributed by atoms with Gasteiger partial charge in [-0.05, 0) is 92.6 Å². The van der Waals surface area contributed by atoms with E-state index in [0.717, 1.165) is 51.3 Å². The van der Waals surface area contributed by atoms with Crippen molar-refractivity contribution in [3.8, 4) is 11.4 Å². The fourth-order valence-corrected chi connectivity index (χ4v) is 4.96. The van der Waals surface area contributed by atoms with E-state index >= 15 is 0 Å². The number of hydrogen-bond acceptors (Lipinski definition) is 4. The Kier molecular flexibility index (Phi) is 6.68. The molecule has 0 unspecified atom stereocenters. The number of carbonyl (C=O) groups excluding carboxylic acids is 2. The maximum Gasteiger partial charge on any atom is 0.293 e. The summed E-state index contributed by atoms with van der Waals surface area (Å²) >= 11 is 7.29. The number of thioether (sulfide) groups is 1. The van der Waals surface area contributed by atoms with Crippen LogP contribution in [0.15, 0.2) is 53.4 Å². The number of nitrogens with zero attached hydrogens (tertiary/aromatic N) is 2. The molecule has 0 spiro atoms. The normalized spacial score (nSPS) is 15.1. The lowest BCUT2D eigenvalue weighted by Gasteiger charge is -2.14. The molecule has 3 aromatic rings. The van der Waals surface area contributed by atoms with E-state index in [1.807, 2.05) is 76.2 Å². The Labute approximate surface area is 203 Å². The van der Waals surface area contributed by atoms with Gasteiger partial charge in [0, 0.05) is 22.1 Å². The van der Waals surface area contributed by atoms with E-state index in [2.05, 4.69) is 4.57 Å². The molecule has 170 valence electrons. The van der Waals surface area contributed by atoms with Crippen LogP contribution < -0.4 is 4.74 Å². The minimum Gasteiger partial charge on any atom is -0.492 e. The lowest BCUT2D eigenvalue weighted by atomic mass is 10.2. The summed E-state index contributed by atoms with van der Waals surface area (Å²) in [6.45, 7) is 8.44. The third kappa shape index (κ3) is 4.72. The van der Waals surface area contributed by atoms with E-state index in [4.69, 9.17) is 16.3 Å². The zero-order valence-electron chi connectivity index (χ0n) is 19.0. The molecule has 0 saturated carbocycles. The van der Waals surface area contributed by atoms with Crippen LogP contribution in [0.1, 0.15) is 28.1 Å². The molecule has 1 aromatic heterocycles. The fourth-order valence-electron chi connectivity index (χ4n) is 3.94. The van der Waals surface area contributed by atoms with E-state index in [-0.39, 0.29) is 24.3 Å². The van der Waals surface area contributed by atoms with Crippen LogP contribution in [-0.4, -0.2) is 33.8 Å². The first-order valence-electron chi connectivity index (χ1n) is 10.7. The Morgan fingerprint density at radius 1 is 1.03 bits per heavy atom. The minimum absolute atomic E-state index is 0.205. The van der Waals surface area contributed by atoms with Gasteiger partial charge in [0.1, 0.15) is 12.4 Å². The molecule has 7 heteroatoms. The topological polar surface area (TPSA) is 51.5 Å². The molecule has 0 aliphatic carbocycles. The van der Waals surface area contributed by atoms with Gasteiger partial charge in [0.25, 0.3) is 11.1 Å². The number of aromatic nitrogens is 1. The summed E-state index contributed by atoms with van der Waals surface area (Å²) < 4.78 is 7.84. The molecule has 1 aliphatic rings. The first-order valence-corrected chi connectivity index (χ1v) is 11.8. The smallest absolute Gasteiger partial charge is 0.293 e. The van der Waals surface area contributed by atoms with Gasteiger partial charge >= 0.3 is 0 Å². The first kappa shape index (κ1) is 23.2. The Morgan fingerprint density at radius 2 is 1.79 bits per heavy atom. The third-order valence-corrected chi connectivity index (χ3v) is 7.00. The second kappa shape index (κ2) is 9.49. The summed E-state index contributed by atoms with van der Waals surface area (Å²) in [6, 6.07) is 15.5. The van der Waals surface area contributed by atoms with Gasteiger partial charge in [-0.3, -0.25) is 14.5 Å². The highest BCUT2D eigenvalue weighted by molar-refractivity contribution is 8.18. The number of halogens is 1. The molecule has 2 heterocycles. The Bertz CT molecular complexity index is 1280. The zero-order valence-corrected chi connectivity index (χ0v) is 20.6. The van der Waals surface area contributed by atoms with E-state index in [1.54, 1.807) is 6.08 Å². The van der Waals surface area contributed by atoms with Gasteiger partial charge in [0.05, 0.1) is 11.4 Å². The van der Waals surface area contributed by atoms with Crippen molar-refractivity contribution >= 4 is 40.6 Å². The number of rotatable bonds is 6. The van der Waals surface area contributed by atoms with Crippen LogP contribution in [0.2, 0.25) is 5.02 Å². The molecule has 0 atom stereocenters. The van der Waals surface area contributed by atoms with E-state index < -0.39 is 0 Å². The molecule has 1 aliphatic heterocycles. The number of ether oxygens (including phenoxy) is 1. The quantitative estimate of drug-likeness (QED) is 0.379. The summed E-state index contributed by atoms with van der Waals surface area (Å²) in [6.07, 6.45) is 1.80. The first-order chi connectivity index (χ1) is 15.8. The molecule has 0 bridgehead atoms. The van der Waals surface area contributed by atoms with E-state index in [0.29, 0.717) is 9.93 Å². The average Bonchev–Trinajstić information content (AvgIpc) is 3.19. The predicted octanol–water partition coefficient (Wildman–Crippen LogP) is 6.48. The highest BCUT2D eigenvalue weighted by Gasteiger charge is 2.35. The summed E-state index contributed by atoms with van der Waals surface area (Å²) in [5, 5.41) is 0.425. The Hall–Kier alpha value is -2.96. The van der Waals surface area contributed by atoms with Gasteiger partial charge in [0.15, 0.2) is 0 Å². The van der Waals surface area contributed by atoms with Crippen LogP contribution >= 0.6 is 23.4 Å². The van der Waals surface area contributed by atoms with Crippen LogP contribution in [0.25, 0.3) is 11.8 Å². The van der Waals surface area contributed by atoms with Crippen molar-refractivity contribution in [3.05, 3.63) is 86.5 Å². The molecule has 2 amide bonds. The molecule has 2 aromatic carbocycles. The molecule has 5 nitrogen and oxygen atoms in total. The third-order valence-electron chi connectivity index (χ3n) is 5.68. The molecule has 0 radical (unpaired) electrons. The van der Waals surface area contributed by atoms with Crippen molar-refractivity contribution < 1.29 is 14.3 Å². The molecule has 4 rings (SSSR count). The molecular weight excluding hydrogens is 456 g/mol. The summed E-state index contributed by atoms with van der Waals surface area (Å²) in [5.74, 6) is 0.433. The Balaban J connectivity index is 1.52. The van der Waals surface area contributed by atoms with Gasteiger partial charge in [0.2, 0.25) is 0 Å². The summed E-state index contributed by atoms with van der Waals surface area (Å²) in [7, 11) is 0. The molecular formula is C26H25ClN2O3S. The minimum atomic E-state index is -0.290. The van der Waals surface area contributed by atoms with Gasteiger partial charge in [-0.1, -0.05) is 29.8 Å². The number of benzene rings is 2. The average molecular weight is 481 g/mol. The van der Waals surface area contributed by atoms with E-state index in [1.165, 1.54) is 4.90 Å².